The second-order valence-corrected chi connectivity index (χ2v) is 5.37. The van der Waals surface area contributed by atoms with Crippen LogP contribution in [-0.4, -0.2) is 40.9 Å². The van der Waals surface area contributed by atoms with Crippen molar-refractivity contribution in [3.05, 3.63) is 40.9 Å². The maximum Gasteiger partial charge on any atom is 0.191 e. The Morgan fingerprint density at radius 3 is 2.73 bits per heavy atom. The van der Waals surface area contributed by atoms with Crippen LogP contribution >= 0.6 is 15.9 Å². The fourth-order valence-corrected chi connectivity index (χ4v) is 2.00. The Labute approximate surface area is 137 Å². The minimum atomic E-state index is 0.548. The topological polar surface area (TPSA) is 76.4 Å². The van der Waals surface area contributed by atoms with E-state index in [1.807, 2.05) is 31.3 Å². The van der Waals surface area contributed by atoms with E-state index in [9.17, 15) is 0 Å². The first-order valence-corrected chi connectivity index (χ1v) is 7.64. The van der Waals surface area contributed by atoms with Crippen LogP contribution in [0, 0.1) is 0 Å². The second kappa shape index (κ2) is 8.38. The highest BCUT2D eigenvalue weighted by Crippen LogP contribution is 2.15. The summed E-state index contributed by atoms with van der Waals surface area (Å²) in [5.74, 6) is 2.38. The van der Waals surface area contributed by atoms with Crippen LogP contribution < -0.4 is 15.4 Å². The predicted molar refractivity (Wildman–Crippen MR) is 88.8 cm³/mol. The Kier molecular flexibility index (Phi) is 6.20. The molecule has 0 saturated heterocycles. The molecule has 8 heteroatoms. The highest BCUT2D eigenvalue weighted by Gasteiger charge is 2.02. The number of nitrogens with zero attached hydrogens (tertiary/aromatic N) is 4. The van der Waals surface area contributed by atoms with E-state index in [1.54, 1.807) is 11.7 Å². The highest BCUT2D eigenvalue weighted by molar-refractivity contribution is 9.10. The maximum absolute atomic E-state index is 5.63. The van der Waals surface area contributed by atoms with E-state index in [-0.39, 0.29) is 0 Å². The van der Waals surface area contributed by atoms with Gasteiger partial charge in [0.1, 0.15) is 24.5 Å². The average Bonchev–Trinajstić information content (AvgIpc) is 2.93. The molecule has 0 atom stereocenters. The predicted octanol–water partition coefficient (Wildman–Crippen LogP) is 1.32. The Bertz CT molecular complexity index is 610. The normalized spacial score (nSPS) is 11.3. The summed E-state index contributed by atoms with van der Waals surface area (Å²) >= 11 is 3.39. The van der Waals surface area contributed by atoms with Crippen molar-refractivity contribution in [2.75, 3.05) is 20.2 Å². The van der Waals surface area contributed by atoms with Crippen LogP contribution in [0.4, 0.5) is 0 Å². The van der Waals surface area contributed by atoms with Crippen LogP contribution in [-0.2, 0) is 13.6 Å². The number of hydrogen-bond acceptors (Lipinski definition) is 4. The van der Waals surface area contributed by atoms with Crippen LogP contribution in [0.3, 0.4) is 0 Å². The molecule has 0 saturated carbocycles. The minimum Gasteiger partial charge on any atom is -0.492 e. The quantitative estimate of drug-likeness (QED) is 0.458. The first kappa shape index (κ1) is 16.3. The summed E-state index contributed by atoms with van der Waals surface area (Å²) in [5.41, 5.74) is 0. The molecule has 2 aromatic rings. The van der Waals surface area contributed by atoms with Crippen molar-refractivity contribution in [1.29, 1.82) is 0 Å². The lowest BCUT2D eigenvalue weighted by molar-refractivity contribution is 0.322. The Balaban J connectivity index is 1.68. The van der Waals surface area contributed by atoms with Gasteiger partial charge in [0.05, 0.1) is 13.1 Å². The van der Waals surface area contributed by atoms with Gasteiger partial charge in [0, 0.05) is 18.6 Å². The number of aryl methyl sites for hydroxylation is 1. The molecule has 1 aromatic heterocycles. The maximum atomic E-state index is 5.63. The molecule has 2 rings (SSSR count). The van der Waals surface area contributed by atoms with Crippen molar-refractivity contribution in [2.24, 2.45) is 12.0 Å². The van der Waals surface area contributed by atoms with Gasteiger partial charge < -0.3 is 15.4 Å². The summed E-state index contributed by atoms with van der Waals surface area (Å²) in [5, 5.41) is 10.4. The molecular formula is C14H19BrN6O. The van der Waals surface area contributed by atoms with Gasteiger partial charge in [0.25, 0.3) is 0 Å². The molecule has 0 aliphatic rings. The summed E-state index contributed by atoms with van der Waals surface area (Å²) in [6.45, 7) is 1.75. The SMILES string of the molecule is CN=C(NCCOc1ccc(Br)cc1)NCc1ncnn1C. The molecular weight excluding hydrogens is 348 g/mol. The van der Waals surface area contributed by atoms with Gasteiger partial charge >= 0.3 is 0 Å². The van der Waals surface area contributed by atoms with Crippen LogP contribution in [0.5, 0.6) is 5.75 Å². The lowest BCUT2D eigenvalue weighted by Crippen LogP contribution is -2.39. The van der Waals surface area contributed by atoms with Crippen molar-refractivity contribution in [3.63, 3.8) is 0 Å². The smallest absolute Gasteiger partial charge is 0.191 e. The number of ether oxygens (including phenoxy) is 1. The van der Waals surface area contributed by atoms with Gasteiger partial charge in [-0.2, -0.15) is 5.10 Å². The first-order valence-electron chi connectivity index (χ1n) is 6.85. The van der Waals surface area contributed by atoms with Gasteiger partial charge in [-0.3, -0.25) is 9.67 Å². The summed E-state index contributed by atoms with van der Waals surface area (Å²) < 4.78 is 8.39. The van der Waals surface area contributed by atoms with E-state index >= 15 is 0 Å². The fourth-order valence-electron chi connectivity index (χ4n) is 1.73. The minimum absolute atomic E-state index is 0.548. The molecule has 0 amide bonds. The van der Waals surface area contributed by atoms with Crippen molar-refractivity contribution in [3.8, 4) is 5.75 Å². The van der Waals surface area contributed by atoms with Crippen LogP contribution in [0.15, 0.2) is 40.1 Å². The van der Waals surface area contributed by atoms with Gasteiger partial charge in [-0.05, 0) is 24.3 Å². The molecule has 22 heavy (non-hydrogen) atoms. The van der Waals surface area contributed by atoms with Crippen molar-refractivity contribution in [1.82, 2.24) is 25.4 Å². The fraction of sp³-hybridized carbons (Fsp3) is 0.357. The summed E-state index contributed by atoms with van der Waals surface area (Å²) in [7, 11) is 3.58. The first-order chi connectivity index (χ1) is 10.7. The third-order valence-corrected chi connectivity index (χ3v) is 3.45. The zero-order chi connectivity index (χ0) is 15.8. The second-order valence-electron chi connectivity index (χ2n) is 4.45. The third kappa shape index (κ3) is 5.03. The number of nitrogens with one attached hydrogen (secondary N) is 2. The Morgan fingerprint density at radius 1 is 1.32 bits per heavy atom. The molecule has 1 heterocycles. The molecule has 0 radical (unpaired) electrons. The van der Waals surface area contributed by atoms with Crippen molar-refractivity contribution in [2.45, 2.75) is 6.54 Å². The monoisotopic (exact) mass is 366 g/mol. The van der Waals surface area contributed by atoms with E-state index in [1.165, 1.54) is 6.33 Å². The van der Waals surface area contributed by atoms with Gasteiger partial charge in [-0.15, -0.1) is 0 Å². The number of rotatable bonds is 6. The Hall–Kier alpha value is -2.09. The van der Waals surface area contributed by atoms with Crippen molar-refractivity contribution >= 4 is 21.9 Å². The molecule has 1 aromatic carbocycles. The summed E-state index contributed by atoms with van der Waals surface area (Å²) in [6.07, 6.45) is 1.53. The number of aliphatic imine (C=N–C) groups is 1. The Morgan fingerprint density at radius 2 is 2.09 bits per heavy atom. The molecule has 118 valence electrons. The number of benzene rings is 1. The molecule has 0 aliphatic carbocycles. The molecule has 7 nitrogen and oxygen atoms in total. The largest absolute Gasteiger partial charge is 0.492 e. The van der Waals surface area contributed by atoms with Gasteiger partial charge in [0.15, 0.2) is 5.96 Å². The van der Waals surface area contributed by atoms with E-state index in [4.69, 9.17) is 4.74 Å². The summed E-state index contributed by atoms with van der Waals surface area (Å²) in [4.78, 5) is 8.29. The van der Waals surface area contributed by atoms with Crippen molar-refractivity contribution < 1.29 is 4.74 Å². The van der Waals surface area contributed by atoms with E-state index in [0.717, 1.165) is 16.0 Å². The molecule has 0 spiro atoms. The third-order valence-electron chi connectivity index (χ3n) is 2.92. The lowest BCUT2D eigenvalue weighted by atomic mass is 10.3. The van der Waals surface area contributed by atoms with Crippen LogP contribution in [0.2, 0.25) is 0 Å². The standard InChI is InChI=1S/C14H19BrN6O/c1-16-14(18-9-13-19-10-20-21(13)2)17-7-8-22-12-5-3-11(15)4-6-12/h3-6,10H,7-9H2,1-2H3,(H2,16,17,18). The van der Waals surface area contributed by atoms with E-state index < -0.39 is 0 Å². The average molecular weight is 367 g/mol. The van der Waals surface area contributed by atoms with Gasteiger partial charge in [-0.1, -0.05) is 15.9 Å². The number of aromatic nitrogens is 3. The number of halogens is 1. The summed E-state index contributed by atoms with van der Waals surface area (Å²) in [6, 6.07) is 7.74. The molecule has 0 bridgehead atoms. The van der Waals surface area contributed by atoms with Gasteiger partial charge in [-0.25, -0.2) is 4.98 Å². The molecule has 0 aliphatic heterocycles. The number of guanidine groups is 1. The van der Waals surface area contributed by atoms with Crippen LogP contribution in [0.1, 0.15) is 5.82 Å². The van der Waals surface area contributed by atoms with E-state index in [0.29, 0.717) is 25.7 Å². The van der Waals surface area contributed by atoms with Gasteiger partial charge in [0.2, 0.25) is 0 Å². The molecule has 0 unspecified atom stereocenters. The number of hydrogen-bond donors (Lipinski definition) is 2. The molecule has 0 fully saturated rings. The zero-order valence-electron chi connectivity index (χ0n) is 12.6. The molecule has 2 N–H and O–H groups in total. The van der Waals surface area contributed by atoms with E-state index in [2.05, 4.69) is 41.6 Å². The lowest BCUT2D eigenvalue weighted by Gasteiger charge is -2.12. The van der Waals surface area contributed by atoms with Crippen LogP contribution in [0.25, 0.3) is 0 Å². The highest BCUT2D eigenvalue weighted by atomic mass is 79.9. The zero-order valence-corrected chi connectivity index (χ0v) is 14.2.